The number of carbonyl (C=O) groups is 2. The van der Waals surface area contributed by atoms with Crippen LogP contribution in [0.25, 0.3) is 0 Å². The summed E-state index contributed by atoms with van der Waals surface area (Å²) in [5, 5.41) is 12.1. The van der Waals surface area contributed by atoms with Crippen LogP contribution in [0.5, 0.6) is 0 Å². The smallest absolute Gasteiger partial charge is 0.410 e. The average molecular weight is 408 g/mol. The van der Waals surface area contributed by atoms with E-state index >= 15 is 0 Å². The van der Waals surface area contributed by atoms with Gasteiger partial charge in [0.15, 0.2) is 0 Å². The lowest BCUT2D eigenvalue weighted by Gasteiger charge is -2.34. The molecule has 0 spiro atoms. The van der Waals surface area contributed by atoms with Crippen molar-refractivity contribution in [3.63, 3.8) is 0 Å². The zero-order chi connectivity index (χ0) is 21.9. The van der Waals surface area contributed by atoms with Crippen LogP contribution in [-0.2, 0) is 9.53 Å². The van der Waals surface area contributed by atoms with Crippen LogP contribution < -0.4 is 10.2 Å². The summed E-state index contributed by atoms with van der Waals surface area (Å²) in [6, 6.07) is 10.8. The molecule has 30 heavy (non-hydrogen) atoms. The lowest BCUT2D eigenvalue weighted by Crippen LogP contribution is -2.53. The van der Waals surface area contributed by atoms with Gasteiger partial charge in [-0.3, -0.25) is 14.6 Å². The van der Waals surface area contributed by atoms with Crippen LogP contribution in [0.4, 0.5) is 22.2 Å². The molecule has 1 fully saturated rings. The average Bonchev–Trinajstić information content (AvgIpc) is 2.66. The monoisotopic (exact) mass is 408 g/mol. The van der Waals surface area contributed by atoms with Gasteiger partial charge in [0.1, 0.15) is 18.0 Å². The van der Waals surface area contributed by atoms with E-state index in [4.69, 9.17) is 10.00 Å². The summed E-state index contributed by atoms with van der Waals surface area (Å²) in [7, 11) is 0. The van der Waals surface area contributed by atoms with E-state index in [1.807, 2.05) is 6.92 Å². The molecule has 0 atom stereocenters. The summed E-state index contributed by atoms with van der Waals surface area (Å²) in [5.74, 6) is 0.534. The Bertz CT molecular complexity index is 991. The fraction of sp³-hybridized carbons (Fsp3) is 0.381. The second kappa shape index (κ2) is 8.37. The number of rotatable bonds is 3. The van der Waals surface area contributed by atoms with Gasteiger partial charge in [-0.2, -0.15) is 10.2 Å². The minimum atomic E-state index is -0.622. The van der Waals surface area contributed by atoms with Crippen molar-refractivity contribution in [1.82, 2.24) is 14.9 Å². The van der Waals surface area contributed by atoms with Crippen LogP contribution in [0.3, 0.4) is 0 Å². The predicted octanol–water partition coefficient (Wildman–Crippen LogP) is 2.98. The standard InChI is InChI=1S/C21H24N6O3/c1-14-11-17(24-16-7-5-15(12-22)6-8-16)25-19(23-14)27-10-9-26(13-18(27)28)20(29)30-21(2,3)4/h5-8,11H,9-10,13H2,1-4H3,(H,23,24,25). The van der Waals surface area contributed by atoms with Crippen molar-refractivity contribution in [3.05, 3.63) is 41.6 Å². The first-order valence-electron chi connectivity index (χ1n) is 9.56. The second-order valence-electron chi connectivity index (χ2n) is 7.96. The van der Waals surface area contributed by atoms with Gasteiger partial charge in [0, 0.05) is 30.5 Å². The van der Waals surface area contributed by atoms with Crippen LogP contribution in [0.2, 0.25) is 0 Å². The van der Waals surface area contributed by atoms with Crippen molar-refractivity contribution in [3.8, 4) is 6.07 Å². The fourth-order valence-electron chi connectivity index (χ4n) is 2.88. The first kappa shape index (κ1) is 21.0. The number of carbonyl (C=O) groups excluding carboxylic acids is 2. The molecule has 9 heteroatoms. The number of hydrogen-bond donors (Lipinski definition) is 1. The zero-order valence-electron chi connectivity index (χ0n) is 17.5. The van der Waals surface area contributed by atoms with E-state index in [2.05, 4.69) is 21.4 Å². The number of nitrogens with zero attached hydrogens (tertiary/aromatic N) is 5. The van der Waals surface area contributed by atoms with Crippen LogP contribution in [-0.4, -0.2) is 52.1 Å². The molecule has 1 saturated heterocycles. The molecule has 0 bridgehead atoms. The molecule has 156 valence electrons. The summed E-state index contributed by atoms with van der Waals surface area (Å²) < 4.78 is 5.34. The molecule has 0 radical (unpaired) electrons. The van der Waals surface area contributed by atoms with Crippen molar-refractivity contribution in [2.45, 2.75) is 33.3 Å². The largest absolute Gasteiger partial charge is 0.444 e. The Morgan fingerprint density at radius 3 is 2.50 bits per heavy atom. The van der Waals surface area contributed by atoms with E-state index in [0.717, 1.165) is 5.69 Å². The van der Waals surface area contributed by atoms with Crippen LogP contribution in [0.1, 0.15) is 32.0 Å². The van der Waals surface area contributed by atoms with Crippen molar-refractivity contribution < 1.29 is 14.3 Å². The number of aryl methyl sites for hydroxylation is 1. The van der Waals surface area contributed by atoms with Crippen LogP contribution in [0, 0.1) is 18.3 Å². The first-order chi connectivity index (χ1) is 14.1. The summed E-state index contributed by atoms with van der Waals surface area (Å²) in [6.07, 6.45) is -0.510. The van der Waals surface area contributed by atoms with Gasteiger partial charge in [-0.1, -0.05) is 0 Å². The molecule has 2 amide bonds. The number of nitriles is 1. The third-order valence-corrected chi connectivity index (χ3v) is 4.24. The van der Waals surface area contributed by atoms with Crippen molar-refractivity contribution in [2.75, 3.05) is 29.9 Å². The molecule has 1 aromatic carbocycles. The SMILES string of the molecule is Cc1cc(Nc2ccc(C#N)cc2)nc(N2CCN(C(=O)OC(C)(C)C)CC2=O)n1. The van der Waals surface area contributed by atoms with Gasteiger partial charge < -0.3 is 10.1 Å². The normalized spacial score (nSPS) is 14.3. The second-order valence-corrected chi connectivity index (χ2v) is 7.96. The van der Waals surface area contributed by atoms with Gasteiger partial charge in [-0.05, 0) is 52.0 Å². The predicted molar refractivity (Wildman–Crippen MR) is 111 cm³/mol. The number of amides is 2. The summed E-state index contributed by atoms with van der Waals surface area (Å²) in [6.45, 7) is 7.68. The molecule has 1 aromatic heterocycles. The summed E-state index contributed by atoms with van der Waals surface area (Å²) >= 11 is 0. The number of aromatic nitrogens is 2. The lowest BCUT2D eigenvalue weighted by molar-refractivity contribution is -0.121. The summed E-state index contributed by atoms with van der Waals surface area (Å²) in [5.41, 5.74) is 1.40. The molecule has 0 aliphatic carbocycles. The molecule has 0 unspecified atom stereocenters. The zero-order valence-corrected chi connectivity index (χ0v) is 17.5. The quantitative estimate of drug-likeness (QED) is 0.831. The highest BCUT2D eigenvalue weighted by Gasteiger charge is 2.32. The maximum atomic E-state index is 12.7. The van der Waals surface area contributed by atoms with Crippen LogP contribution >= 0.6 is 0 Å². The highest BCUT2D eigenvalue weighted by molar-refractivity contribution is 5.96. The van der Waals surface area contributed by atoms with E-state index in [0.29, 0.717) is 23.6 Å². The van der Waals surface area contributed by atoms with Crippen molar-refractivity contribution in [1.29, 1.82) is 5.26 Å². The molecular weight excluding hydrogens is 384 g/mol. The van der Waals surface area contributed by atoms with Gasteiger partial charge in [-0.15, -0.1) is 0 Å². The molecule has 1 N–H and O–H groups in total. The van der Waals surface area contributed by atoms with Gasteiger partial charge in [-0.25, -0.2) is 9.78 Å². The van der Waals surface area contributed by atoms with Crippen molar-refractivity contribution >= 4 is 29.5 Å². The minimum absolute atomic E-state index is 0.0927. The highest BCUT2D eigenvalue weighted by atomic mass is 16.6. The number of benzene rings is 1. The molecule has 2 aromatic rings. The van der Waals surface area contributed by atoms with Gasteiger partial charge >= 0.3 is 6.09 Å². The molecule has 0 saturated carbocycles. The number of nitrogens with one attached hydrogen (secondary N) is 1. The van der Waals surface area contributed by atoms with Gasteiger partial charge in [0.2, 0.25) is 11.9 Å². The first-order valence-corrected chi connectivity index (χ1v) is 9.56. The van der Waals surface area contributed by atoms with Gasteiger partial charge in [0.25, 0.3) is 0 Å². The minimum Gasteiger partial charge on any atom is -0.444 e. The molecule has 2 heterocycles. The van der Waals surface area contributed by atoms with Crippen molar-refractivity contribution in [2.24, 2.45) is 0 Å². The number of anilines is 3. The summed E-state index contributed by atoms with van der Waals surface area (Å²) in [4.78, 5) is 36.6. The van der Waals surface area contributed by atoms with E-state index in [1.54, 1.807) is 51.1 Å². The van der Waals surface area contributed by atoms with Crippen LogP contribution in [0.15, 0.2) is 30.3 Å². The third-order valence-electron chi connectivity index (χ3n) is 4.24. The van der Waals surface area contributed by atoms with E-state index in [9.17, 15) is 9.59 Å². The molecule has 3 rings (SSSR count). The Hall–Kier alpha value is -3.67. The molecular formula is C21H24N6O3. The fourth-order valence-corrected chi connectivity index (χ4v) is 2.88. The third kappa shape index (κ3) is 5.23. The highest BCUT2D eigenvalue weighted by Crippen LogP contribution is 2.21. The Balaban J connectivity index is 1.72. The van der Waals surface area contributed by atoms with E-state index in [1.165, 1.54) is 9.80 Å². The maximum Gasteiger partial charge on any atom is 0.410 e. The maximum absolute atomic E-state index is 12.7. The van der Waals surface area contributed by atoms with Gasteiger partial charge in [0.05, 0.1) is 11.6 Å². The van der Waals surface area contributed by atoms with E-state index in [-0.39, 0.29) is 24.9 Å². The molecule has 1 aliphatic rings. The Morgan fingerprint density at radius 1 is 1.20 bits per heavy atom. The van der Waals surface area contributed by atoms with E-state index < -0.39 is 11.7 Å². The lowest BCUT2D eigenvalue weighted by atomic mass is 10.2. The Morgan fingerprint density at radius 2 is 1.90 bits per heavy atom. The topological polar surface area (TPSA) is 111 Å². The number of hydrogen-bond acceptors (Lipinski definition) is 7. The molecule has 9 nitrogen and oxygen atoms in total. The number of ether oxygens (including phenoxy) is 1. The Kier molecular flexibility index (Phi) is 5.87. The number of piperazine rings is 1. The Labute approximate surface area is 175 Å². The molecule has 1 aliphatic heterocycles.